The lowest BCUT2D eigenvalue weighted by Crippen LogP contribution is -2.21. The molecule has 0 bridgehead atoms. The molecule has 4 heterocycles. The normalized spacial score (nSPS) is 11.1. The number of hydrogen-bond donors (Lipinski definition) is 1. The highest BCUT2D eigenvalue weighted by atomic mass is 32.1. The van der Waals surface area contributed by atoms with Gasteiger partial charge in [0.05, 0.1) is 29.7 Å². The first kappa shape index (κ1) is 24.1. The molecule has 7 nitrogen and oxygen atoms in total. The minimum atomic E-state index is -0.490. The third-order valence-electron chi connectivity index (χ3n) is 5.60. The molecule has 5 rings (SSSR count). The zero-order valence-electron chi connectivity index (χ0n) is 19.4. The van der Waals surface area contributed by atoms with Crippen LogP contribution in [0.3, 0.4) is 0 Å². The number of carbonyl (C=O) groups excluding carboxylic acids is 2. The number of ether oxygens (including phenoxy) is 1. The van der Waals surface area contributed by atoms with Crippen LogP contribution in [0.1, 0.15) is 38.1 Å². The van der Waals surface area contributed by atoms with Crippen molar-refractivity contribution in [3.63, 3.8) is 0 Å². The maximum atomic E-state index is 13.3. The molecule has 1 amide bonds. The summed E-state index contributed by atoms with van der Waals surface area (Å²) in [5.74, 6) is -0.884. The highest BCUT2D eigenvalue weighted by Gasteiger charge is 2.26. The molecule has 0 radical (unpaired) electrons. The first-order valence-electron chi connectivity index (χ1n) is 11.1. The van der Waals surface area contributed by atoms with Gasteiger partial charge in [-0.3, -0.25) is 14.2 Å². The Morgan fingerprint density at radius 1 is 1.11 bits per heavy atom. The molecule has 36 heavy (non-hydrogen) atoms. The maximum absolute atomic E-state index is 13.3. The number of rotatable bonds is 7. The first-order valence-corrected chi connectivity index (χ1v) is 13.7. The van der Waals surface area contributed by atoms with Gasteiger partial charge in [-0.15, -0.1) is 34.0 Å². The number of esters is 1. The van der Waals surface area contributed by atoms with Crippen LogP contribution in [0.2, 0.25) is 0 Å². The Balaban J connectivity index is 1.49. The highest BCUT2D eigenvalue weighted by Crippen LogP contribution is 2.39. The van der Waals surface area contributed by atoms with E-state index >= 15 is 0 Å². The summed E-state index contributed by atoms with van der Waals surface area (Å²) in [5.41, 5.74) is 2.42. The van der Waals surface area contributed by atoms with Gasteiger partial charge in [-0.1, -0.05) is 36.4 Å². The molecule has 0 saturated heterocycles. The predicted molar refractivity (Wildman–Crippen MR) is 146 cm³/mol. The van der Waals surface area contributed by atoms with Crippen LogP contribution < -0.4 is 10.9 Å². The highest BCUT2D eigenvalue weighted by molar-refractivity contribution is 7.21. The Labute approximate surface area is 218 Å². The van der Waals surface area contributed by atoms with Gasteiger partial charge in [-0.25, -0.2) is 9.78 Å². The van der Waals surface area contributed by atoms with Crippen LogP contribution in [0.4, 0.5) is 5.00 Å². The molecule has 5 aromatic rings. The van der Waals surface area contributed by atoms with Gasteiger partial charge in [0, 0.05) is 15.8 Å². The number of aromatic nitrogens is 2. The molecule has 0 spiro atoms. The SMILES string of the molecule is CCOC(=O)c1c(-c2cccs2)csc1NC(=O)c1sc2ncn(Cc3ccccc3)c(=O)c2c1C. The summed E-state index contributed by atoms with van der Waals surface area (Å²) < 4.78 is 6.82. The molecule has 0 unspecified atom stereocenters. The number of aryl methyl sites for hydroxylation is 1. The van der Waals surface area contributed by atoms with Crippen molar-refractivity contribution in [1.29, 1.82) is 0 Å². The van der Waals surface area contributed by atoms with Gasteiger partial charge in [0.1, 0.15) is 15.4 Å². The predicted octanol–water partition coefficient (Wildman–Crippen LogP) is 6.03. The number of nitrogens with zero attached hydrogens (tertiary/aromatic N) is 2. The molecule has 1 N–H and O–H groups in total. The second kappa shape index (κ2) is 10.2. The van der Waals surface area contributed by atoms with Crippen molar-refractivity contribution < 1.29 is 14.3 Å². The van der Waals surface area contributed by atoms with E-state index in [-0.39, 0.29) is 12.2 Å². The molecular formula is C26H21N3O4S3. The van der Waals surface area contributed by atoms with Crippen molar-refractivity contribution in [3.05, 3.63) is 91.5 Å². The summed E-state index contributed by atoms with van der Waals surface area (Å²) in [6.07, 6.45) is 1.51. The van der Waals surface area contributed by atoms with Gasteiger partial charge in [0.2, 0.25) is 0 Å². The molecule has 0 aliphatic carbocycles. The molecule has 4 aromatic heterocycles. The summed E-state index contributed by atoms with van der Waals surface area (Å²) in [6.45, 7) is 4.11. The van der Waals surface area contributed by atoms with E-state index in [0.29, 0.717) is 37.8 Å². The van der Waals surface area contributed by atoms with Crippen LogP contribution in [0, 0.1) is 6.92 Å². The largest absolute Gasteiger partial charge is 0.462 e. The topological polar surface area (TPSA) is 90.3 Å². The molecule has 0 aliphatic rings. The fourth-order valence-corrected chi connectivity index (χ4v) is 6.70. The van der Waals surface area contributed by atoms with E-state index in [0.717, 1.165) is 27.3 Å². The van der Waals surface area contributed by atoms with E-state index in [9.17, 15) is 14.4 Å². The summed E-state index contributed by atoms with van der Waals surface area (Å²) in [5, 5.41) is 7.49. The van der Waals surface area contributed by atoms with Crippen molar-refractivity contribution >= 4 is 61.1 Å². The van der Waals surface area contributed by atoms with E-state index in [4.69, 9.17) is 4.74 Å². The lowest BCUT2D eigenvalue weighted by Gasteiger charge is -2.08. The fraction of sp³-hybridized carbons (Fsp3) is 0.154. The van der Waals surface area contributed by atoms with Crippen LogP contribution in [0.5, 0.6) is 0 Å². The average Bonchev–Trinajstić information content (AvgIpc) is 3.61. The second-order valence-electron chi connectivity index (χ2n) is 7.90. The zero-order chi connectivity index (χ0) is 25.2. The van der Waals surface area contributed by atoms with Gasteiger partial charge >= 0.3 is 5.97 Å². The minimum absolute atomic E-state index is 0.194. The molecule has 182 valence electrons. The van der Waals surface area contributed by atoms with E-state index in [1.807, 2.05) is 53.2 Å². The molecular weight excluding hydrogens is 515 g/mol. The molecule has 1 aromatic carbocycles. The number of carbonyl (C=O) groups is 2. The van der Waals surface area contributed by atoms with E-state index < -0.39 is 11.9 Å². The summed E-state index contributed by atoms with van der Waals surface area (Å²) in [7, 11) is 0. The van der Waals surface area contributed by atoms with Gasteiger partial charge in [-0.2, -0.15) is 0 Å². The molecule has 0 atom stereocenters. The number of nitrogens with one attached hydrogen (secondary N) is 1. The number of fused-ring (bicyclic) bond motifs is 1. The van der Waals surface area contributed by atoms with E-state index in [1.54, 1.807) is 18.4 Å². The summed E-state index contributed by atoms with van der Waals surface area (Å²) in [4.78, 5) is 45.6. The number of benzene rings is 1. The first-order chi connectivity index (χ1) is 17.5. The molecule has 0 fully saturated rings. The number of amides is 1. The zero-order valence-corrected chi connectivity index (χ0v) is 21.9. The Bertz CT molecular complexity index is 1620. The smallest absolute Gasteiger partial charge is 0.341 e. The Kier molecular flexibility index (Phi) is 6.82. The van der Waals surface area contributed by atoms with Crippen molar-refractivity contribution in [2.24, 2.45) is 0 Å². The standard InChI is InChI=1S/C26H21N3O4S3/c1-3-33-26(32)20-17(18-10-7-11-34-18)13-35-24(20)28-22(30)21-15(2)19-23(36-21)27-14-29(25(19)31)12-16-8-5-4-6-9-16/h4-11,13-14H,3,12H2,1-2H3,(H,28,30). The quantitative estimate of drug-likeness (QED) is 0.257. The minimum Gasteiger partial charge on any atom is -0.462 e. The number of thiophene rings is 3. The lowest BCUT2D eigenvalue weighted by atomic mass is 10.1. The van der Waals surface area contributed by atoms with Crippen LogP contribution in [0.25, 0.3) is 20.7 Å². The third-order valence-corrected chi connectivity index (χ3v) is 8.60. The van der Waals surface area contributed by atoms with Crippen molar-refractivity contribution in [2.45, 2.75) is 20.4 Å². The van der Waals surface area contributed by atoms with Crippen molar-refractivity contribution in [2.75, 3.05) is 11.9 Å². The van der Waals surface area contributed by atoms with Crippen LogP contribution in [-0.2, 0) is 11.3 Å². The van der Waals surface area contributed by atoms with Crippen LogP contribution >= 0.6 is 34.0 Å². The number of anilines is 1. The molecule has 0 saturated carbocycles. The van der Waals surface area contributed by atoms with E-state index in [1.165, 1.54) is 29.0 Å². The van der Waals surface area contributed by atoms with Crippen LogP contribution in [0.15, 0.2) is 64.3 Å². The van der Waals surface area contributed by atoms with Gasteiger partial charge < -0.3 is 10.1 Å². The lowest BCUT2D eigenvalue weighted by molar-refractivity contribution is 0.0529. The molecule has 10 heteroatoms. The van der Waals surface area contributed by atoms with Crippen LogP contribution in [-0.4, -0.2) is 28.0 Å². The van der Waals surface area contributed by atoms with Crippen molar-refractivity contribution in [3.8, 4) is 10.4 Å². The average molecular weight is 536 g/mol. The Hall–Kier alpha value is -3.60. The third kappa shape index (κ3) is 4.50. The maximum Gasteiger partial charge on any atom is 0.341 e. The monoisotopic (exact) mass is 535 g/mol. The van der Waals surface area contributed by atoms with Gasteiger partial charge in [0.15, 0.2) is 0 Å². The summed E-state index contributed by atoms with van der Waals surface area (Å²) >= 11 is 3.94. The number of hydrogen-bond acceptors (Lipinski definition) is 8. The Morgan fingerprint density at radius 3 is 2.64 bits per heavy atom. The molecule has 0 aliphatic heterocycles. The van der Waals surface area contributed by atoms with Gasteiger partial charge in [-0.05, 0) is 36.4 Å². The van der Waals surface area contributed by atoms with Crippen molar-refractivity contribution in [1.82, 2.24) is 9.55 Å². The van der Waals surface area contributed by atoms with Gasteiger partial charge in [0.25, 0.3) is 11.5 Å². The second-order valence-corrected chi connectivity index (χ2v) is 10.7. The fourth-order valence-electron chi connectivity index (χ4n) is 3.90. The Morgan fingerprint density at radius 2 is 1.92 bits per heavy atom. The van der Waals surface area contributed by atoms with E-state index in [2.05, 4.69) is 10.3 Å². The summed E-state index contributed by atoms with van der Waals surface area (Å²) in [6, 6.07) is 13.5.